The molecule has 2 amide bonds. The Labute approximate surface area is 134 Å². The van der Waals surface area contributed by atoms with Crippen LogP contribution in [-0.4, -0.2) is 23.7 Å². The number of rotatable bonds is 5. The Morgan fingerprint density at radius 1 is 1.05 bits per heavy atom. The fraction of sp³-hybridized carbons (Fsp3) is 0.176. The third-order valence-corrected chi connectivity index (χ3v) is 3.22. The van der Waals surface area contributed by atoms with Gasteiger partial charge in [-0.15, -0.1) is 11.6 Å². The van der Waals surface area contributed by atoms with Crippen LogP contribution in [0, 0.1) is 0 Å². The van der Waals surface area contributed by atoms with Crippen molar-refractivity contribution in [2.75, 3.05) is 16.8 Å². The first-order valence-electron chi connectivity index (χ1n) is 6.93. The van der Waals surface area contributed by atoms with Crippen LogP contribution in [-0.2, 0) is 9.59 Å². The first-order chi connectivity index (χ1) is 10.6. The lowest BCUT2D eigenvalue weighted by atomic mass is 10.2. The van der Waals surface area contributed by atoms with Crippen LogP contribution < -0.4 is 10.2 Å². The minimum Gasteiger partial charge on any atom is -0.325 e. The Morgan fingerprint density at radius 3 is 2.14 bits per heavy atom. The predicted octanol–water partition coefficient (Wildman–Crippen LogP) is 3.29. The lowest BCUT2D eigenvalue weighted by Gasteiger charge is -2.23. The van der Waals surface area contributed by atoms with Crippen molar-refractivity contribution in [1.82, 2.24) is 0 Å². The van der Waals surface area contributed by atoms with Crippen molar-refractivity contribution in [3.8, 4) is 0 Å². The number of alkyl halides is 1. The van der Waals surface area contributed by atoms with E-state index in [-0.39, 0.29) is 18.4 Å². The summed E-state index contributed by atoms with van der Waals surface area (Å²) in [6, 6.07) is 18.1. The van der Waals surface area contributed by atoms with E-state index in [1.165, 1.54) is 4.90 Å². The topological polar surface area (TPSA) is 49.4 Å². The largest absolute Gasteiger partial charge is 0.325 e. The summed E-state index contributed by atoms with van der Waals surface area (Å²) < 4.78 is 0. The fourth-order valence-electron chi connectivity index (χ4n) is 1.98. The van der Waals surface area contributed by atoms with Gasteiger partial charge in [0.1, 0.15) is 11.9 Å². The third kappa shape index (κ3) is 4.33. The zero-order valence-electron chi connectivity index (χ0n) is 12.2. The summed E-state index contributed by atoms with van der Waals surface area (Å²) in [7, 11) is 0. The van der Waals surface area contributed by atoms with Crippen molar-refractivity contribution in [1.29, 1.82) is 0 Å². The summed E-state index contributed by atoms with van der Waals surface area (Å²) in [5.41, 5.74) is 1.33. The molecule has 1 atom stereocenters. The highest BCUT2D eigenvalue weighted by Gasteiger charge is 2.22. The molecular formula is C17H17ClN2O2. The van der Waals surface area contributed by atoms with E-state index in [0.717, 1.165) is 0 Å². The molecule has 0 aromatic heterocycles. The van der Waals surface area contributed by atoms with E-state index >= 15 is 0 Å². The van der Waals surface area contributed by atoms with Crippen molar-refractivity contribution in [2.24, 2.45) is 0 Å². The van der Waals surface area contributed by atoms with Crippen LogP contribution in [0.15, 0.2) is 60.7 Å². The molecule has 22 heavy (non-hydrogen) atoms. The Balaban J connectivity index is 2.13. The molecule has 0 heterocycles. The number of para-hydroxylation sites is 2. The molecule has 1 N–H and O–H groups in total. The maximum Gasteiger partial charge on any atom is 0.245 e. The zero-order chi connectivity index (χ0) is 15.9. The van der Waals surface area contributed by atoms with Crippen molar-refractivity contribution < 1.29 is 9.59 Å². The van der Waals surface area contributed by atoms with E-state index in [2.05, 4.69) is 5.32 Å². The second kappa shape index (κ2) is 7.61. The van der Waals surface area contributed by atoms with Crippen molar-refractivity contribution in [2.45, 2.75) is 12.3 Å². The Kier molecular flexibility index (Phi) is 5.55. The van der Waals surface area contributed by atoms with E-state index in [1.807, 2.05) is 36.4 Å². The van der Waals surface area contributed by atoms with Gasteiger partial charge in [-0.3, -0.25) is 9.59 Å². The first kappa shape index (κ1) is 16.0. The molecule has 0 bridgehead atoms. The van der Waals surface area contributed by atoms with Crippen molar-refractivity contribution in [3.63, 3.8) is 0 Å². The minimum atomic E-state index is -0.704. The van der Waals surface area contributed by atoms with Crippen LogP contribution in [0.3, 0.4) is 0 Å². The summed E-state index contributed by atoms with van der Waals surface area (Å²) in [5.74, 6) is -0.586. The Hall–Kier alpha value is -2.33. The summed E-state index contributed by atoms with van der Waals surface area (Å²) in [6.07, 6.45) is 0. The molecule has 0 spiro atoms. The van der Waals surface area contributed by atoms with Crippen LogP contribution in [0.25, 0.3) is 0 Å². The summed E-state index contributed by atoms with van der Waals surface area (Å²) >= 11 is 5.89. The predicted molar refractivity (Wildman–Crippen MR) is 89.2 cm³/mol. The molecule has 0 saturated carbocycles. The van der Waals surface area contributed by atoms with Gasteiger partial charge in [-0.25, -0.2) is 0 Å². The van der Waals surface area contributed by atoms with Crippen LogP contribution in [0.1, 0.15) is 6.92 Å². The van der Waals surface area contributed by atoms with Gasteiger partial charge in [0.05, 0.1) is 0 Å². The van der Waals surface area contributed by atoms with Crippen molar-refractivity contribution in [3.05, 3.63) is 60.7 Å². The molecule has 2 rings (SSSR count). The minimum absolute atomic E-state index is 0.0885. The highest BCUT2D eigenvalue weighted by Crippen LogP contribution is 2.16. The molecule has 0 fully saturated rings. The number of amides is 2. The average Bonchev–Trinajstić information content (AvgIpc) is 2.53. The number of hydrogen-bond acceptors (Lipinski definition) is 2. The van der Waals surface area contributed by atoms with E-state index < -0.39 is 5.38 Å². The van der Waals surface area contributed by atoms with Crippen LogP contribution in [0.5, 0.6) is 0 Å². The van der Waals surface area contributed by atoms with Crippen molar-refractivity contribution >= 4 is 34.8 Å². The highest BCUT2D eigenvalue weighted by atomic mass is 35.5. The zero-order valence-corrected chi connectivity index (χ0v) is 13.0. The highest BCUT2D eigenvalue weighted by molar-refractivity contribution is 6.32. The van der Waals surface area contributed by atoms with Crippen LogP contribution >= 0.6 is 11.6 Å². The van der Waals surface area contributed by atoms with E-state index in [0.29, 0.717) is 11.4 Å². The maximum absolute atomic E-state index is 12.2. The van der Waals surface area contributed by atoms with Gasteiger partial charge in [-0.1, -0.05) is 36.4 Å². The number of anilines is 2. The standard InChI is InChI=1S/C17H17ClN2O2/c1-13(18)17(22)20(15-10-6-3-7-11-15)12-16(21)19-14-8-4-2-5-9-14/h2-11,13H,12H2,1H3,(H,19,21). The fourth-order valence-corrected chi connectivity index (χ4v) is 2.10. The van der Waals surface area contributed by atoms with Gasteiger partial charge >= 0.3 is 0 Å². The van der Waals surface area contributed by atoms with Gasteiger partial charge in [-0.05, 0) is 31.2 Å². The SMILES string of the molecule is CC(Cl)C(=O)N(CC(=O)Nc1ccccc1)c1ccccc1. The number of benzene rings is 2. The first-order valence-corrected chi connectivity index (χ1v) is 7.37. The number of carbonyl (C=O) groups is 2. The molecule has 5 heteroatoms. The van der Waals surface area contributed by atoms with Gasteiger partial charge in [0.2, 0.25) is 11.8 Å². The molecule has 4 nitrogen and oxygen atoms in total. The van der Waals surface area contributed by atoms with Gasteiger partial charge < -0.3 is 10.2 Å². The number of carbonyl (C=O) groups excluding carboxylic acids is 2. The number of nitrogens with one attached hydrogen (secondary N) is 1. The van der Waals surface area contributed by atoms with E-state index in [1.54, 1.807) is 31.2 Å². The number of hydrogen-bond donors (Lipinski definition) is 1. The Bertz CT molecular complexity index is 630. The summed E-state index contributed by atoms with van der Waals surface area (Å²) in [6.45, 7) is 1.50. The maximum atomic E-state index is 12.2. The summed E-state index contributed by atoms with van der Waals surface area (Å²) in [4.78, 5) is 25.8. The van der Waals surface area contributed by atoms with Gasteiger partial charge in [-0.2, -0.15) is 0 Å². The number of nitrogens with zero attached hydrogens (tertiary/aromatic N) is 1. The molecule has 0 radical (unpaired) electrons. The third-order valence-electron chi connectivity index (χ3n) is 3.03. The molecule has 0 aliphatic heterocycles. The molecule has 2 aromatic rings. The molecule has 114 valence electrons. The smallest absolute Gasteiger partial charge is 0.245 e. The lowest BCUT2D eigenvalue weighted by molar-refractivity contribution is -0.121. The monoisotopic (exact) mass is 316 g/mol. The molecule has 1 unspecified atom stereocenters. The average molecular weight is 317 g/mol. The van der Waals surface area contributed by atoms with Gasteiger partial charge in [0.25, 0.3) is 0 Å². The second-order valence-corrected chi connectivity index (χ2v) is 5.44. The molecular weight excluding hydrogens is 300 g/mol. The quantitative estimate of drug-likeness (QED) is 0.861. The van der Waals surface area contributed by atoms with Crippen LogP contribution in [0.4, 0.5) is 11.4 Å². The van der Waals surface area contributed by atoms with E-state index in [4.69, 9.17) is 11.6 Å². The molecule has 0 aliphatic rings. The number of halogens is 1. The van der Waals surface area contributed by atoms with Crippen LogP contribution in [0.2, 0.25) is 0 Å². The molecule has 0 aliphatic carbocycles. The molecule has 2 aromatic carbocycles. The lowest BCUT2D eigenvalue weighted by Crippen LogP contribution is -2.41. The second-order valence-electron chi connectivity index (χ2n) is 4.79. The van der Waals surface area contributed by atoms with Gasteiger partial charge in [0.15, 0.2) is 0 Å². The van der Waals surface area contributed by atoms with Gasteiger partial charge in [0, 0.05) is 11.4 Å². The summed E-state index contributed by atoms with van der Waals surface area (Å²) in [5, 5.41) is 2.06. The normalized spacial score (nSPS) is 11.5. The Morgan fingerprint density at radius 2 is 1.59 bits per heavy atom. The molecule has 0 saturated heterocycles. The van der Waals surface area contributed by atoms with E-state index in [9.17, 15) is 9.59 Å².